The SMILES string of the molecule is COC(=O)c1ccc(CNC(=O)N/C=C/c2ccc(Cl)cc2)cc1. The Hall–Kier alpha value is -2.79. The van der Waals surface area contributed by atoms with Gasteiger partial charge in [-0.1, -0.05) is 35.9 Å². The van der Waals surface area contributed by atoms with Gasteiger partial charge in [-0.3, -0.25) is 0 Å². The lowest BCUT2D eigenvalue weighted by Crippen LogP contribution is -2.31. The number of ether oxygens (including phenoxy) is 1. The Morgan fingerprint density at radius 3 is 2.38 bits per heavy atom. The van der Waals surface area contributed by atoms with Crippen LogP contribution in [0.25, 0.3) is 6.08 Å². The normalized spacial score (nSPS) is 10.4. The van der Waals surface area contributed by atoms with Gasteiger partial charge >= 0.3 is 12.0 Å². The van der Waals surface area contributed by atoms with Gasteiger partial charge in [-0.15, -0.1) is 0 Å². The van der Waals surface area contributed by atoms with Crippen LogP contribution in [0, 0.1) is 0 Å². The molecule has 0 aliphatic rings. The van der Waals surface area contributed by atoms with Gasteiger partial charge < -0.3 is 15.4 Å². The van der Waals surface area contributed by atoms with Crippen LogP contribution >= 0.6 is 11.6 Å². The highest BCUT2D eigenvalue weighted by Crippen LogP contribution is 2.10. The average Bonchev–Trinajstić information content (AvgIpc) is 2.61. The number of hydrogen-bond donors (Lipinski definition) is 2. The summed E-state index contributed by atoms with van der Waals surface area (Å²) in [5.41, 5.74) is 2.27. The number of carbonyl (C=O) groups excluding carboxylic acids is 2. The minimum atomic E-state index is -0.389. The summed E-state index contributed by atoms with van der Waals surface area (Å²) in [7, 11) is 1.33. The van der Waals surface area contributed by atoms with Crippen LogP contribution in [0.15, 0.2) is 54.7 Å². The van der Waals surface area contributed by atoms with E-state index in [1.54, 1.807) is 48.7 Å². The highest BCUT2D eigenvalue weighted by atomic mass is 35.5. The minimum Gasteiger partial charge on any atom is -0.465 e. The molecule has 0 bridgehead atoms. The van der Waals surface area contributed by atoms with Crippen molar-refractivity contribution in [3.05, 3.63) is 76.4 Å². The predicted octanol–water partition coefficient (Wildman–Crippen LogP) is 3.60. The van der Waals surface area contributed by atoms with E-state index in [9.17, 15) is 9.59 Å². The van der Waals surface area contributed by atoms with Gasteiger partial charge in [-0.25, -0.2) is 9.59 Å². The maximum atomic E-state index is 11.7. The van der Waals surface area contributed by atoms with Crippen molar-refractivity contribution < 1.29 is 14.3 Å². The van der Waals surface area contributed by atoms with E-state index in [0.717, 1.165) is 11.1 Å². The van der Waals surface area contributed by atoms with Crippen molar-refractivity contribution in [2.24, 2.45) is 0 Å². The first-order valence-electron chi connectivity index (χ1n) is 7.22. The molecule has 0 aliphatic carbocycles. The summed E-state index contributed by atoms with van der Waals surface area (Å²) in [6.07, 6.45) is 3.32. The third-order valence-electron chi connectivity index (χ3n) is 3.19. The van der Waals surface area contributed by atoms with E-state index in [-0.39, 0.29) is 12.0 Å². The quantitative estimate of drug-likeness (QED) is 0.814. The molecule has 5 nitrogen and oxygen atoms in total. The Morgan fingerprint density at radius 1 is 1.08 bits per heavy atom. The maximum Gasteiger partial charge on any atom is 0.337 e. The molecule has 0 heterocycles. The van der Waals surface area contributed by atoms with Crippen LogP contribution in [0.3, 0.4) is 0 Å². The number of halogens is 1. The number of rotatable bonds is 5. The summed E-state index contributed by atoms with van der Waals surface area (Å²) in [6, 6.07) is 13.8. The number of carbonyl (C=O) groups is 2. The van der Waals surface area contributed by atoms with Crippen LogP contribution in [0.1, 0.15) is 21.5 Å². The topological polar surface area (TPSA) is 67.4 Å². The minimum absolute atomic E-state index is 0.322. The lowest BCUT2D eigenvalue weighted by Gasteiger charge is -2.06. The molecule has 2 N–H and O–H groups in total. The molecule has 0 unspecified atom stereocenters. The molecule has 0 radical (unpaired) electrons. The molecular formula is C18H17ClN2O3. The molecule has 2 aromatic carbocycles. The molecule has 0 saturated carbocycles. The van der Waals surface area contributed by atoms with E-state index in [4.69, 9.17) is 11.6 Å². The van der Waals surface area contributed by atoms with Gasteiger partial charge in [-0.05, 0) is 41.5 Å². The summed E-state index contributed by atoms with van der Waals surface area (Å²) in [5, 5.41) is 6.00. The number of nitrogens with one attached hydrogen (secondary N) is 2. The number of amides is 2. The summed E-state index contributed by atoms with van der Waals surface area (Å²) in [4.78, 5) is 23.0. The molecule has 0 fully saturated rings. The van der Waals surface area contributed by atoms with Gasteiger partial charge in [-0.2, -0.15) is 0 Å². The van der Waals surface area contributed by atoms with Crippen LogP contribution < -0.4 is 10.6 Å². The van der Waals surface area contributed by atoms with Crippen molar-refractivity contribution in [1.29, 1.82) is 0 Å². The van der Waals surface area contributed by atoms with Crippen LogP contribution in [0.2, 0.25) is 5.02 Å². The fourth-order valence-corrected chi connectivity index (χ4v) is 2.02. The van der Waals surface area contributed by atoms with E-state index in [2.05, 4.69) is 15.4 Å². The fraction of sp³-hybridized carbons (Fsp3) is 0.111. The second-order valence-corrected chi connectivity index (χ2v) is 5.34. The smallest absolute Gasteiger partial charge is 0.337 e. The molecule has 2 amide bonds. The monoisotopic (exact) mass is 344 g/mol. The molecular weight excluding hydrogens is 328 g/mol. The zero-order chi connectivity index (χ0) is 17.4. The Morgan fingerprint density at radius 2 is 1.75 bits per heavy atom. The van der Waals surface area contributed by atoms with Crippen LogP contribution in [0.4, 0.5) is 4.79 Å². The Kier molecular flexibility index (Phi) is 6.40. The van der Waals surface area contributed by atoms with Crippen molar-refractivity contribution in [3.63, 3.8) is 0 Å². The van der Waals surface area contributed by atoms with Gasteiger partial charge in [0.1, 0.15) is 0 Å². The number of urea groups is 1. The largest absolute Gasteiger partial charge is 0.465 e. The van der Waals surface area contributed by atoms with Crippen molar-refractivity contribution >= 4 is 29.7 Å². The van der Waals surface area contributed by atoms with Gasteiger partial charge in [0.05, 0.1) is 12.7 Å². The van der Waals surface area contributed by atoms with E-state index >= 15 is 0 Å². The lowest BCUT2D eigenvalue weighted by atomic mass is 10.1. The highest BCUT2D eigenvalue weighted by Gasteiger charge is 2.04. The standard InChI is InChI=1S/C18H17ClN2O3/c1-24-17(22)15-6-2-14(3-7-15)12-21-18(23)20-11-10-13-4-8-16(19)9-5-13/h2-11H,12H2,1H3,(H2,20,21,23)/b11-10+. The van der Waals surface area contributed by atoms with E-state index in [1.807, 2.05) is 12.1 Å². The first-order chi connectivity index (χ1) is 11.6. The molecule has 2 aromatic rings. The lowest BCUT2D eigenvalue weighted by molar-refractivity contribution is 0.0600. The molecule has 6 heteroatoms. The molecule has 0 saturated heterocycles. The van der Waals surface area contributed by atoms with Crippen molar-refractivity contribution in [1.82, 2.24) is 10.6 Å². The fourth-order valence-electron chi connectivity index (χ4n) is 1.90. The Balaban J connectivity index is 1.78. The summed E-state index contributed by atoms with van der Waals surface area (Å²) >= 11 is 5.80. The molecule has 24 heavy (non-hydrogen) atoms. The molecule has 0 aliphatic heterocycles. The van der Waals surface area contributed by atoms with E-state index in [0.29, 0.717) is 17.1 Å². The third kappa shape index (κ3) is 5.44. The predicted molar refractivity (Wildman–Crippen MR) is 93.6 cm³/mol. The second-order valence-electron chi connectivity index (χ2n) is 4.90. The molecule has 124 valence electrons. The molecule has 0 spiro atoms. The first kappa shape index (κ1) is 17.6. The highest BCUT2D eigenvalue weighted by molar-refractivity contribution is 6.30. The molecule has 2 rings (SSSR count). The van der Waals surface area contributed by atoms with Crippen LogP contribution in [0.5, 0.6) is 0 Å². The number of methoxy groups -OCH3 is 1. The number of hydrogen-bond acceptors (Lipinski definition) is 3. The Labute approximate surface area is 145 Å². The average molecular weight is 345 g/mol. The first-order valence-corrected chi connectivity index (χ1v) is 7.60. The summed E-state index contributed by atoms with van der Waals surface area (Å²) in [5.74, 6) is -0.389. The van der Waals surface area contributed by atoms with E-state index in [1.165, 1.54) is 7.11 Å². The van der Waals surface area contributed by atoms with Crippen molar-refractivity contribution in [2.75, 3.05) is 7.11 Å². The van der Waals surface area contributed by atoms with Gasteiger partial charge in [0.25, 0.3) is 0 Å². The zero-order valence-electron chi connectivity index (χ0n) is 13.1. The van der Waals surface area contributed by atoms with Crippen molar-refractivity contribution in [2.45, 2.75) is 6.54 Å². The molecule has 0 atom stereocenters. The van der Waals surface area contributed by atoms with Gasteiger partial charge in [0, 0.05) is 17.8 Å². The van der Waals surface area contributed by atoms with Gasteiger partial charge in [0.15, 0.2) is 0 Å². The Bertz CT molecular complexity index is 725. The zero-order valence-corrected chi connectivity index (χ0v) is 13.8. The number of benzene rings is 2. The molecule has 0 aromatic heterocycles. The summed E-state index contributed by atoms with van der Waals surface area (Å²) in [6.45, 7) is 0.349. The second kappa shape index (κ2) is 8.74. The maximum absolute atomic E-state index is 11.7. The summed E-state index contributed by atoms with van der Waals surface area (Å²) < 4.78 is 4.63. The van der Waals surface area contributed by atoms with Crippen molar-refractivity contribution in [3.8, 4) is 0 Å². The number of esters is 1. The van der Waals surface area contributed by atoms with Crippen LogP contribution in [-0.4, -0.2) is 19.1 Å². The third-order valence-corrected chi connectivity index (χ3v) is 3.44. The van der Waals surface area contributed by atoms with E-state index < -0.39 is 0 Å². The van der Waals surface area contributed by atoms with Crippen LogP contribution in [-0.2, 0) is 11.3 Å². The van der Waals surface area contributed by atoms with Gasteiger partial charge in [0.2, 0.25) is 0 Å².